The Bertz CT molecular complexity index is 231. The van der Waals surface area contributed by atoms with Crippen LogP contribution in [0.2, 0.25) is 0 Å². The maximum Gasteiger partial charge on any atom is 0.239 e. The summed E-state index contributed by atoms with van der Waals surface area (Å²) >= 11 is 1.99. The summed E-state index contributed by atoms with van der Waals surface area (Å²) < 4.78 is 0. The molecule has 2 saturated heterocycles. The van der Waals surface area contributed by atoms with Crippen molar-refractivity contribution in [3.63, 3.8) is 0 Å². The van der Waals surface area contributed by atoms with E-state index in [4.69, 9.17) is 0 Å². The molecule has 15 heavy (non-hydrogen) atoms. The van der Waals surface area contributed by atoms with Gasteiger partial charge >= 0.3 is 0 Å². The standard InChI is InChI=1S/C11H20N2OS/c1-8-6-13(7-9(2)15-8)11(14)10-4-3-5-12-10/h8-10,12H,3-7H2,1-2H3/t8?,9?,10-/m1/s1. The highest BCUT2D eigenvalue weighted by Crippen LogP contribution is 2.25. The minimum Gasteiger partial charge on any atom is -0.339 e. The molecule has 86 valence electrons. The molecule has 0 aromatic carbocycles. The molecule has 0 saturated carbocycles. The first-order chi connectivity index (χ1) is 7.16. The predicted molar refractivity (Wildman–Crippen MR) is 64.1 cm³/mol. The molecule has 0 spiro atoms. The first-order valence-electron chi connectivity index (χ1n) is 5.84. The molecule has 2 aliphatic rings. The topological polar surface area (TPSA) is 32.3 Å². The number of carbonyl (C=O) groups is 1. The molecule has 2 fully saturated rings. The van der Waals surface area contributed by atoms with Crippen LogP contribution < -0.4 is 5.32 Å². The second-order valence-electron chi connectivity index (χ2n) is 4.65. The van der Waals surface area contributed by atoms with Crippen molar-refractivity contribution in [3.8, 4) is 0 Å². The molecule has 0 aromatic rings. The number of nitrogens with zero attached hydrogens (tertiary/aromatic N) is 1. The lowest BCUT2D eigenvalue weighted by Crippen LogP contribution is -2.50. The Labute approximate surface area is 96.0 Å². The molecule has 2 heterocycles. The lowest BCUT2D eigenvalue weighted by molar-refractivity contribution is -0.133. The molecule has 3 nitrogen and oxygen atoms in total. The number of hydrogen-bond donors (Lipinski definition) is 1. The third kappa shape index (κ3) is 2.67. The van der Waals surface area contributed by atoms with Crippen LogP contribution in [-0.4, -0.2) is 47.0 Å². The molecule has 0 bridgehead atoms. The second-order valence-corrected chi connectivity index (χ2v) is 6.53. The van der Waals surface area contributed by atoms with Crippen molar-refractivity contribution in [3.05, 3.63) is 0 Å². The average Bonchev–Trinajstić information content (AvgIpc) is 2.67. The fourth-order valence-corrected chi connectivity index (χ4v) is 3.80. The van der Waals surface area contributed by atoms with Crippen molar-refractivity contribution in [1.82, 2.24) is 10.2 Å². The van der Waals surface area contributed by atoms with Gasteiger partial charge in [-0.2, -0.15) is 11.8 Å². The van der Waals surface area contributed by atoms with Gasteiger partial charge in [-0.1, -0.05) is 13.8 Å². The lowest BCUT2D eigenvalue weighted by atomic mass is 10.2. The first-order valence-corrected chi connectivity index (χ1v) is 6.78. The van der Waals surface area contributed by atoms with Crippen LogP contribution in [0.25, 0.3) is 0 Å². The first kappa shape index (κ1) is 11.3. The molecule has 0 aromatic heterocycles. The van der Waals surface area contributed by atoms with Gasteiger partial charge in [0.2, 0.25) is 5.91 Å². The minimum atomic E-state index is 0.104. The van der Waals surface area contributed by atoms with E-state index >= 15 is 0 Å². The highest BCUT2D eigenvalue weighted by Gasteiger charge is 2.31. The van der Waals surface area contributed by atoms with E-state index in [2.05, 4.69) is 24.1 Å². The van der Waals surface area contributed by atoms with Gasteiger partial charge in [0.05, 0.1) is 6.04 Å². The van der Waals surface area contributed by atoms with Gasteiger partial charge in [-0.15, -0.1) is 0 Å². The molecule has 3 atom stereocenters. The Morgan fingerprint density at radius 3 is 2.53 bits per heavy atom. The van der Waals surface area contributed by atoms with Gasteiger partial charge in [-0.25, -0.2) is 0 Å². The molecule has 2 aliphatic heterocycles. The van der Waals surface area contributed by atoms with Crippen molar-refractivity contribution < 1.29 is 4.79 Å². The lowest BCUT2D eigenvalue weighted by Gasteiger charge is -2.36. The second kappa shape index (κ2) is 4.74. The summed E-state index contributed by atoms with van der Waals surface area (Å²) in [6.45, 7) is 7.27. The molecule has 2 unspecified atom stereocenters. The van der Waals surface area contributed by atoms with Gasteiger partial charge in [0.1, 0.15) is 0 Å². The van der Waals surface area contributed by atoms with Crippen LogP contribution >= 0.6 is 11.8 Å². The quantitative estimate of drug-likeness (QED) is 0.729. The third-order valence-corrected chi connectivity index (χ3v) is 4.32. The zero-order valence-electron chi connectivity index (χ0n) is 9.53. The van der Waals surface area contributed by atoms with Crippen molar-refractivity contribution in [2.75, 3.05) is 19.6 Å². The van der Waals surface area contributed by atoms with Gasteiger partial charge in [0.25, 0.3) is 0 Å². The van der Waals surface area contributed by atoms with Gasteiger partial charge < -0.3 is 10.2 Å². The number of thioether (sulfide) groups is 1. The summed E-state index contributed by atoms with van der Waals surface area (Å²) in [7, 11) is 0. The zero-order chi connectivity index (χ0) is 10.8. The Morgan fingerprint density at radius 2 is 2.00 bits per heavy atom. The zero-order valence-corrected chi connectivity index (χ0v) is 10.3. The van der Waals surface area contributed by atoms with Crippen LogP contribution in [-0.2, 0) is 4.79 Å². The van der Waals surface area contributed by atoms with E-state index in [9.17, 15) is 4.79 Å². The highest BCUT2D eigenvalue weighted by atomic mass is 32.2. The predicted octanol–water partition coefficient (Wildman–Crippen LogP) is 1.09. The van der Waals surface area contributed by atoms with Gasteiger partial charge in [0.15, 0.2) is 0 Å². The fourth-order valence-electron chi connectivity index (χ4n) is 2.47. The largest absolute Gasteiger partial charge is 0.339 e. The maximum absolute atomic E-state index is 12.1. The summed E-state index contributed by atoms with van der Waals surface area (Å²) in [6.07, 6.45) is 2.16. The summed E-state index contributed by atoms with van der Waals surface area (Å²) in [5, 5.41) is 4.45. The normalized spacial score (nSPS) is 36.9. The molecule has 1 amide bonds. The molecular weight excluding hydrogens is 208 g/mol. The summed E-state index contributed by atoms with van der Waals surface area (Å²) in [4.78, 5) is 14.2. The van der Waals surface area contributed by atoms with Crippen molar-refractivity contribution >= 4 is 17.7 Å². The van der Waals surface area contributed by atoms with E-state index in [-0.39, 0.29) is 6.04 Å². The number of rotatable bonds is 1. The summed E-state index contributed by atoms with van der Waals surface area (Å²) in [5.41, 5.74) is 0. The van der Waals surface area contributed by atoms with E-state index in [1.807, 2.05) is 11.8 Å². The molecule has 0 radical (unpaired) electrons. The van der Waals surface area contributed by atoms with Crippen LogP contribution in [0.3, 0.4) is 0 Å². The van der Waals surface area contributed by atoms with Crippen LogP contribution in [0.15, 0.2) is 0 Å². The van der Waals surface area contributed by atoms with Crippen LogP contribution in [0.4, 0.5) is 0 Å². The Balaban J connectivity index is 1.93. The Kier molecular flexibility index (Phi) is 3.57. The Hall–Kier alpha value is -0.220. The smallest absolute Gasteiger partial charge is 0.239 e. The van der Waals surface area contributed by atoms with E-state index in [1.54, 1.807) is 0 Å². The number of hydrogen-bond acceptors (Lipinski definition) is 3. The van der Waals surface area contributed by atoms with Gasteiger partial charge in [-0.05, 0) is 19.4 Å². The summed E-state index contributed by atoms with van der Waals surface area (Å²) in [6, 6.07) is 0.104. The van der Waals surface area contributed by atoms with E-state index in [1.165, 1.54) is 0 Å². The molecular formula is C11H20N2OS. The molecule has 2 rings (SSSR count). The Morgan fingerprint density at radius 1 is 1.33 bits per heavy atom. The van der Waals surface area contributed by atoms with Crippen molar-refractivity contribution in [2.24, 2.45) is 0 Å². The number of nitrogens with one attached hydrogen (secondary N) is 1. The average molecular weight is 228 g/mol. The fraction of sp³-hybridized carbons (Fsp3) is 0.909. The maximum atomic E-state index is 12.1. The van der Waals surface area contributed by atoms with Crippen LogP contribution in [0.5, 0.6) is 0 Å². The molecule has 4 heteroatoms. The van der Waals surface area contributed by atoms with Crippen LogP contribution in [0.1, 0.15) is 26.7 Å². The minimum absolute atomic E-state index is 0.104. The van der Waals surface area contributed by atoms with Crippen LogP contribution in [0, 0.1) is 0 Å². The van der Waals surface area contributed by atoms with Crippen molar-refractivity contribution in [1.29, 1.82) is 0 Å². The van der Waals surface area contributed by atoms with E-state index in [0.29, 0.717) is 16.4 Å². The molecule has 0 aliphatic carbocycles. The summed E-state index contributed by atoms with van der Waals surface area (Å²) in [5.74, 6) is 0.325. The highest BCUT2D eigenvalue weighted by molar-refractivity contribution is 8.00. The van der Waals surface area contributed by atoms with E-state index < -0.39 is 0 Å². The number of carbonyl (C=O) groups excluding carboxylic acids is 1. The monoisotopic (exact) mass is 228 g/mol. The third-order valence-electron chi connectivity index (χ3n) is 3.09. The van der Waals surface area contributed by atoms with Gasteiger partial charge in [-0.3, -0.25) is 4.79 Å². The molecule has 1 N–H and O–H groups in total. The number of amides is 1. The van der Waals surface area contributed by atoms with E-state index in [0.717, 1.165) is 32.5 Å². The SMILES string of the molecule is CC1CN(C(=O)[C@H]2CCCN2)CC(C)S1. The van der Waals surface area contributed by atoms with Gasteiger partial charge in [0, 0.05) is 23.6 Å². The van der Waals surface area contributed by atoms with Crippen molar-refractivity contribution in [2.45, 2.75) is 43.2 Å².